The quantitative estimate of drug-likeness (QED) is 0.409. The second-order valence-corrected chi connectivity index (χ2v) is 9.55. The molecule has 0 aliphatic carbocycles. The first-order valence-electron chi connectivity index (χ1n) is 11.5. The second-order valence-electron chi connectivity index (χ2n) is 9.55. The van der Waals surface area contributed by atoms with Gasteiger partial charge in [0.1, 0.15) is 5.60 Å². The first-order chi connectivity index (χ1) is 16.1. The number of anilines is 2. The van der Waals surface area contributed by atoms with Crippen LogP contribution < -0.4 is 10.2 Å². The number of carbonyl (C=O) groups is 2. The van der Waals surface area contributed by atoms with E-state index < -0.39 is 11.7 Å². The highest BCUT2D eigenvalue weighted by molar-refractivity contribution is 6.05. The third-order valence-electron chi connectivity index (χ3n) is 5.54. The zero-order chi connectivity index (χ0) is 24.9. The molecule has 0 aliphatic heterocycles. The van der Waals surface area contributed by atoms with Crippen LogP contribution in [0.2, 0.25) is 0 Å². The highest BCUT2D eigenvalue weighted by atomic mass is 16.6. The molecule has 6 nitrogen and oxygen atoms in total. The van der Waals surface area contributed by atoms with Gasteiger partial charge in [-0.25, -0.2) is 4.79 Å². The average Bonchev–Trinajstić information content (AvgIpc) is 2.78. The third kappa shape index (κ3) is 6.50. The number of methoxy groups -OCH3 is 1. The van der Waals surface area contributed by atoms with E-state index in [4.69, 9.17) is 9.47 Å². The van der Waals surface area contributed by atoms with Crippen LogP contribution >= 0.6 is 0 Å². The maximum atomic E-state index is 12.4. The molecule has 0 radical (unpaired) electrons. The van der Waals surface area contributed by atoms with E-state index in [1.54, 1.807) is 0 Å². The number of esters is 1. The van der Waals surface area contributed by atoms with Gasteiger partial charge in [0, 0.05) is 29.0 Å². The van der Waals surface area contributed by atoms with E-state index in [1.807, 2.05) is 64.1 Å². The highest BCUT2D eigenvalue weighted by Gasteiger charge is 2.22. The fourth-order valence-electron chi connectivity index (χ4n) is 3.86. The van der Waals surface area contributed by atoms with Gasteiger partial charge < -0.3 is 14.4 Å². The summed E-state index contributed by atoms with van der Waals surface area (Å²) in [5.74, 6) is -0.256. The van der Waals surface area contributed by atoms with Crippen molar-refractivity contribution in [2.75, 3.05) is 17.3 Å². The minimum atomic E-state index is -0.589. The molecule has 0 saturated carbocycles. The molecule has 3 rings (SSSR count). The van der Waals surface area contributed by atoms with Gasteiger partial charge in [0.2, 0.25) is 0 Å². The van der Waals surface area contributed by atoms with Gasteiger partial charge in [0.15, 0.2) is 0 Å². The Morgan fingerprint density at radius 3 is 2.24 bits per heavy atom. The molecular weight excluding hydrogens is 428 g/mol. The lowest BCUT2D eigenvalue weighted by molar-refractivity contribution is -0.140. The van der Waals surface area contributed by atoms with Crippen LogP contribution in [0.5, 0.6) is 0 Å². The predicted molar refractivity (Wildman–Crippen MR) is 137 cm³/mol. The summed E-state index contributed by atoms with van der Waals surface area (Å²) in [5.41, 5.74) is 3.39. The zero-order valence-corrected chi connectivity index (χ0v) is 20.8. The first kappa shape index (κ1) is 25.1. The van der Waals surface area contributed by atoms with Crippen LogP contribution in [0, 0.1) is 6.92 Å². The van der Waals surface area contributed by atoms with Crippen molar-refractivity contribution in [2.24, 2.45) is 0 Å². The molecule has 1 amide bonds. The summed E-state index contributed by atoms with van der Waals surface area (Å²) in [6, 6.07) is 20.1. The highest BCUT2D eigenvalue weighted by Crippen LogP contribution is 2.35. The molecule has 0 aliphatic rings. The lowest BCUT2D eigenvalue weighted by atomic mass is 10.0. The molecule has 0 fully saturated rings. The lowest BCUT2D eigenvalue weighted by Crippen LogP contribution is -2.35. The van der Waals surface area contributed by atoms with E-state index in [1.165, 1.54) is 12.7 Å². The Hall–Kier alpha value is -3.54. The fourth-order valence-corrected chi connectivity index (χ4v) is 3.86. The smallest absolute Gasteiger partial charge is 0.412 e. The summed E-state index contributed by atoms with van der Waals surface area (Å²) in [6.45, 7) is 10.2. The van der Waals surface area contributed by atoms with Crippen molar-refractivity contribution < 1.29 is 19.1 Å². The maximum Gasteiger partial charge on any atom is 0.412 e. The van der Waals surface area contributed by atoms with Gasteiger partial charge in [-0.05, 0) is 52.3 Å². The van der Waals surface area contributed by atoms with E-state index >= 15 is 0 Å². The number of aryl methyl sites for hydroxylation is 1. The predicted octanol–water partition coefficient (Wildman–Crippen LogP) is 6.45. The van der Waals surface area contributed by atoms with Crippen molar-refractivity contribution in [3.8, 4) is 0 Å². The molecule has 0 unspecified atom stereocenters. The summed E-state index contributed by atoms with van der Waals surface area (Å²) in [4.78, 5) is 26.7. The van der Waals surface area contributed by atoms with E-state index in [2.05, 4.69) is 41.4 Å². The van der Waals surface area contributed by atoms with Gasteiger partial charge in [0.05, 0.1) is 19.2 Å². The molecule has 0 spiro atoms. The number of rotatable bonds is 7. The Kier molecular flexibility index (Phi) is 7.82. The van der Waals surface area contributed by atoms with Crippen molar-refractivity contribution in [2.45, 2.75) is 59.2 Å². The Labute approximate surface area is 201 Å². The van der Waals surface area contributed by atoms with Crippen LogP contribution in [-0.2, 0) is 20.8 Å². The molecule has 1 N–H and O–H groups in total. The number of carbonyl (C=O) groups excluding carboxylic acids is 2. The molecular formula is C28H34N2O4. The summed E-state index contributed by atoms with van der Waals surface area (Å²) in [7, 11) is 1.41. The number of fused-ring (bicyclic) bond motifs is 1. The number of amides is 1. The Bertz CT molecular complexity index is 1150. The Morgan fingerprint density at radius 1 is 0.971 bits per heavy atom. The van der Waals surface area contributed by atoms with Crippen LogP contribution in [0.1, 0.15) is 45.2 Å². The molecule has 0 bridgehead atoms. The molecule has 0 aromatic heterocycles. The van der Waals surface area contributed by atoms with E-state index in [-0.39, 0.29) is 18.4 Å². The Morgan fingerprint density at radius 2 is 1.62 bits per heavy atom. The van der Waals surface area contributed by atoms with Gasteiger partial charge in [-0.2, -0.15) is 0 Å². The van der Waals surface area contributed by atoms with Crippen LogP contribution in [-0.4, -0.2) is 30.8 Å². The third-order valence-corrected chi connectivity index (χ3v) is 5.54. The van der Waals surface area contributed by atoms with Crippen LogP contribution in [0.15, 0.2) is 60.7 Å². The Balaban J connectivity index is 2.02. The molecule has 34 heavy (non-hydrogen) atoms. The van der Waals surface area contributed by atoms with Crippen molar-refractivity contribution >= 4 is 34.2 Å². The number of nitrogens with one attached hydrogen (secondary N) is 1. The minimum Gasteiger partial charge on any atom is -0.469 e. The normalized spacial score (nSPS) is 12.2. The van der Waals surface area contributed by atoms with E-state index in [0.29, 0.717) is 12.2 Å². The second kappa shape index (κ2) is 10.6. The number of ether oxygens (including phenoxy) is 2. The number of hydrogen-bond donors (Lipinski definition) is 1. The largest absolute Gasteiger partial charge is 0.469 e. The summed E-state index contributed by atoms with van der Waals surface area (Å²) < 4.78 is 10.4. The van der Waals surface area contributed by atoms with Crippen LogP contribution in [0.3, 0.4) is 0 Å². The van der Waals surface area contributed by atoms with Crippen LogP contribution in [0.4, 0.5) is 16.2 Å². The summed E-state index contributed by atoms with van der Waals surface area (Å²) in [6.07, 6.45) is -0.241. The maximum absolute atomic E-state index is 12.4. The first-order valence-corrected chi connectivity index (χ1v) is 11.5. The molecule has 0 heterocycles. The molecule has 3 aromatic rings. The number of benzene rings is 3. The van der Waals surface area contributed by atoms with Crippen molar-refractivity contribution in [1.82, 2.24) is 0 Å². The molecule has 0 saturated heterocycles. The van der Waals surface area contributed by atoms with Crippen molar-refractivity contribution in [3.63, 3.8) is 0 Å². The van der Waals surface area contributed by atoms with Crippen LogP contribution in [0.25, 0.3) is 10.8 Å². The van der Waals surface area contributed by atoms with Crippen molar-refractivity contribution in [3.05, 3.63) is 71.8 Å². The van der Waals surface area contributed by atoms with Gasteiger partial charge in [-0.15, -0.1) is 0 Å². The summed E-state index contributed by atoms with van der Waals surface area (Å²) in [5, 5.41) is 4.75. The SMILES string of the molecule is COC(=O)C[C@H](C)N(Cc1ccc(C)cc1)c1ccc(NC(=O)OC(C)(C)C)c2ccccc12. The zero-order valence-electron chi connectivity index (χ0n) is 20.8. The monoisotopic (exact) mass is 462 g/mol. The van der Waals surface area contributed by atoms with Gasteiger partial charge in [-0.3, -0.25) is 10.1 Å². The lowest BCUT2D eigenvalue weighted by Gasteiger charge is -2.32. The van der Waals surface area contributed by atoms with Gasteiger partial charge >= 0.3 is 12.1 Å². The van der Waals surface area contributed by atoms with E-state index in [0.717, 1.165) is 22.0 Å². The average molecular weight is 463 g/mol. The van der Waals surface area contributed by atoms with Gasteiger partial charge in [-0.1, -0.05) is 54.1 Å². The van der Waals surface area contributed by atoms with Gasteiger partial charge in [0.25, 0.3) is 0 Å². The summed E-state index contributed by atoms with van der Waals surface area (Å²) >= 11 is 0. The molecule has 1 atom stereocenters. The topological polar surface area (TPSA) is 67.9 Å². The fraction of sp³-hybridized carbons (Fsp3) is 0.357. The standard InChI is InChI=1S/C28H34N2O4/c1-19-11-13-21(14-12-19)18-30(20(2)17-26(31)33-6)25-16-15-24(22-9-7-8-10-23(22)25)29-27(32)34-28(3,4)5/h7-16,20H,17-18H2,1-6H3,(H,29,32)/t20-/m0/s1. The van der Waals surface area contributed by atoms with Crippen molar-refractivity contribution in [1.29, 1.82) is 0 Å². The van der Waals surface area contributed by atoms with E-state index in [9.17, 15) is 9.59 Å². The molecule has 6 heteroatoms. The molecule has 3 aromatic carbocycles. The minimum absolute atomic E-state index is 0.109. The number of hydrogen-bond acceptors (Lipinski definition) is 5. The molecule has 180 valence electrons. The number of nitrogens with zero attached hydrogens (tertiary/aromatic N) is 1.